The zero-order valence-corrected chi connectivity index (χ0v) is 16.7. The van der Waals surface area contributed by atoms with Crippen molar-refractivity contribution >= 4 is 5.69 Å². The molecule has 1 aromatic rings. The first-order chi connectivity index (χ1) is 11.0. The SMILES string of the molecule is CC.CC.CCCN(CCC)CCCN(C)c1c(C)c(=O)c1=O. The van der Waals surface area contributed by atoms with Gasteiger partial charge in [-0.2, -0.15) is 0 Å². The summed E-state index contributed by atoms with van der Waals surface area (Å²) < 4.78 is 0. The molecule has 23 heavy (non-hydrogen) atoms. The number of nitrogens with zero attached hydrogens (tertiary/aromatic N) is 2. The van der Waals surface area contributed by atoms with E-state index in [1.807, 2.05) is 39.6 Å². The maximum Gasteiger partial charge on any atom is 0.249 e. The lowest BCUT2D eigenvalue weighted by Gasteiger charge is -2.25. The van der Waals surface area contributed by atoms with Gasteiger partial charge >= 0.3 is 0 Å². The van der Waals surface area contributed by atoms with E-state index in [0.29, 0.717) is 11.3 Å². The first-order valence-electron chi connectivity index (χ1n) is 9.26. The first kappa shape index (κ1) is 24.1. The van der Waals surface area contributed by atoms with Crippen molar-refractivity contribution in [3.63, 3.8) is 0 Å². The predicted molar refractivity (Wildman–Crippen MR) is 104 cm³/mol. The Morgan fingerprint density at radius 1 is 0.783 bits per heavy atom. The Bertz CT molecular complexity index is 456. The number of hydrogen-bond acceptors (Lipinski definition) is 4. The standard InChI is InChI=1S/C15H26N2O2.2C2H6/c1-5-8-17(9-6-2)11-7-10-16(4)13-12(3)14(18)15(13)19;2*1-2/h5-11H2,1-4H3;2*1-2H3. The van der Waals surface area contributed by atoms with E-state index in [2.05, 4.69) is 18.7 Å². The monoisotopic (exact) mass is 326 g/mol. The second-order valence-electron chi connectivity index (χ2n) is 5.25. The van der Waals surface area contributed by atoms with E-state index >= 15 is 0 Å². The molecule has 4 nitrogen and oxygen atoms in total. The Balaban J connectivity index is 0. The van der Waals surface area contributed by atoms with E-state index in [-0.39, 0.29) is 10.9 Å². The second kappa shape index (κ2) is 14.4. The van der Waals surface area contributed by atoms with Gasteiger partial charge in [-0.15, -0.1) is 0 Å². The van der Waals surface area contributed by atoms with Crippen molar-refractivity contribution in [2.75, 3.05) is 38.1 Å². The van der Waals surface area contributed by atoms with Crippen LogP contribution in [0.1, 0.15) is 66.4 Å². The summed E-state index contributed by atoms with van der Waals surface area (Å²) in [6.07, 6.45) is 3.37. The van der Waals surface area contributed by atoms with E-state index in [0.717, 1.165) is 32.6 Å². The molecule has 0 N–H and O–H groups in total. The molecule has 0 aliphatic heterocycles. The average molecular weight is 327 g/mol. The third-order valence-electron chi connectivity index (χ3n) is 3.55. The van der Waals surface area contributed by atoms with Gasteiger partial charge in [0.1, 0.15) is 0 Å². The molecule has 0 fully saturated rings. The molecule has 0 atom stereocenters. The van der Waals surface area contributed by atoms with Crippen molar-refractivity contribution in [3.8, 4) is 0 Å². The minimum Gasteiger partial charge on any atom is -0.371 e. The Kier molecular flexibility index (Phi) is 15.1. The van der Waals surface area contributed by atoms with Gasteiger partial charge in [-0.3, -0.25) is 9.59 Å². The Morgan fingerprint density at radius 3 is 1.65 bits per heavy atom. The van der Waals surface area contributed by atoms with E-state index in [1.165, 1.54) is 12.8 Å². The third kappa shape index (κ3) is 7.78. The molecule has 4 heteroatoms. The van der Waals surface area contributed by atoms with Crippen molar-refractivity contribution in [1.82, 2.24) is 4.90 Å². The van der Waals surface area contributed by atoms with Crippen LogP contribution >= 0.6 is 0 Å². The van der Waals surface area contributed by atoms with Crippen molar-refractivity contribution < 1.29 is 0 Å². The van der Waals surface area contributed by atoms with E-state index in [1.54, 1.807) is 6.92 Å². The van der Waals surface area contributed by atoms with Crippen LogP contribution in [-0.4, -0.2) is 38.1 Å². The molecule has 1 aromatic carbocycles. The van der Waals surface area contributed by atoms with Crippen LogP contribution in [0, 0.1) is 6.92 Å². The van der Waals surface area contributed by atoms with Gasteiger partial charge in [0.25, 0.3) is 0 Å². The summed E-state index contributed by atoms with van der Waals surface area (Å²) in [5.41, 5.74) is 0.591. The summed E-state index contributed by atoms with van der Waals surface area (Å²) in [5.74, 6) is 0. The fraction of sp³-hybridized carbons (Fsp3) is 0.789. The van der Waals surface area contributed by atoms with Crippen LogP contribution in [-0.2, 0) is 0 Å². The van der Waals surface area contributed by atoms with Gasteiger partial charge < -0.3 is 9.80 Å². The van der Waals surface area contributed by atoms with E-state index < -0.39 is 0 Å². The van der Waals surface area contributed by atoms with Crippen LogP contribution in [0.5, 0.6) is 0 Å². The van der Waals surface area contributed by atoms with Crippen LogP contribution in [0.25, 0.3) is 0 Å². The molecule has 0 aromatic heterocycles. The summed E-state index contributed by atoms with van der Waals surface area (Å²) in [7, 11) is 1.90. The molecule has 0 aliphatic rings. The van der Waals surface area contributed by atoms with Crippen molar-refractivity contribution in [2.45, 2.75) is 67.7 Å². The summed E-state index contributed by atoms with van der Waals surface area (Å²) in [6, 6.07) is 0. The summed E-state index contributed by atoms with van der Waals surface area (Å²) >= 11 is 0. The smallest absolute Gasteiger partial charge is 0.249 e. The molecule has 0 amide bonds. The molecule has 0 saturated heterocycles. The average Bonchev–Trinajstić information content (AvgIpc) is 2.58. The summed E-state index contributed by atoms with van der Waals surface area (Å²) in [4.78, 5) is 27.0. The van der Waals surface area contributed by atoms with Gasteiger partial charge in [0, 0.05) is 19.2 Å². The molecule has 0 saturated carbocycles. The fourth-order valence-electron chi connectivity index (χ4n) is 2.56. The maximum absolute atomic E-state index is 11.5. The Labute approximate surface area is 143 Å². The largest absolute Gasteiger partial charge is 0.371 e. The molecule has 0 bridgehead atoms. The Morgan fingerprint density at radius 2 is 1.26 bits per heavy atom. The minimum atomic E-state index is -0.320. The quantitative estimate of drug-likeness (QED) is 0.650. The van der Waals surface area contributed by atoms with Crippen molar-refractivity contribution in [2.24, 2.45) is 0 Å². The van der Waals surface area contributed by atoms with Gasteiger partial charge in [0.15, 0.2) is 0 Å². The fourth-order valence-corrected chi connectivity index (χ4v) is 2.56. The van der Waals surface area contributed by atoms with E-state index in [4.69, 9.17) is 0 Å². The molecule has 0 heterocycles. The molecule has 0 unspecified atom stereocenters. The molecular formula is C19H38N2O2. The van der Waals surface area contributed by atoms with Crippen LogP contribution in [0.15, 0.2) is 9.59 Å². The topological polar surface area (TPSA) is 40.6 Å². The highest BCUT2D eigenvalue weighted by Crippen LogP contribution is 2.11. The maximum atomic E-state index is 11.5. The van der Waals surface area contributed by atoms with Crippen molar-refractivity contribution in [3.05, 3.63) is 26.0 Å². The number of hydrogen-bond donors (Lipinski definition) is 0. The van der Waals surface area contributed by atoms with Gasteiger partial charge in [0.2, 0.25) is 10.9 Å². The molecule has 136 valence electrons. The normalized spacial score (nSPS) is 9.96. The molecule has 0 radical (unpaired) electrons. The van der Waals surface area contributed by atoms with Gasteiger partial charge in [-0.05, 0) is 45.8 Å². The highest BCUT2D eigenvalue weighted by Gasteiger charge is 2.19. The van der Waals surface area contributed by atoms with Gasteiger partial charge in [-0.1, -0.05) is 41.5 Å². The molecule has 0 aliphatic carbocycles. The van der Waals surface area contributed by atoms with Crippen LogP contribution < -0.4 is 15.8 Å². The molecule has 0 spiro atoms. The Hall–Kier alpha value is -1.16. The lowest BCUT2D eigenvalue weighted by Crippen LogP contribution is -2.42. The highest BCUT2D eigenvalue weighted by atomic mass is 16.2. The summed E-state index contributed by atoms with van der Waals surface area (Å²) in [5, 5.41) is 0. The van der Waals surface area contributed by atoms with Crippen LogP contribution in [0.4, 0.5) is 5.69 Å². The first-order valence-corrected chi connectivity index (χ1v) is 9.26. The third-order valence-corrected chi connectivity index (χ3v) is 3.55. The van der Waals surface area contributed by atoms with E-state index in [9.17, 15) is 9.59 Å². The lowest BCUT2D eigenvalue weighted by atomic mass is 10.1. The number of rotatable bonds is 9. The van der Waals surface area contributed by atoms with Crippen LogP contribution in [0.2, 0.25) is 0 Å². The van der Waals surface area contributed by atoms with Gasteiger partial charge in [0.05, 0.1) is 5.69 Å². The zero-order chi connectivity index (χ0) is 18.4. The minimum absolute atomic E-state index is 0.319. The summed E-state index contributed by atoms with van der Waals surface area (Å²) in [6.45, 7) is 18.3. The van der Waals surface area contributed by atoms with Crippen molar-refractivity contribution in [1.29, 1.82) is 0 Å². The second-order valence-corrected chi connectivity index (χ2v) is 5.25. The highest BCUT2D eigenvalue weighted by molar-refractivity contribution is 5.57. The zero-order valence-electron chi connectivity index (χ0n) is 16.7. The molecular weight excluding hydrogens is 288 g/mol. The predicted octanol–water partition coefficient (Wildman–Crippen LogP) is 3.59. The number of anilines is 1. The molecule has 1 rings (SSSR count). The van der Waals surface area contributed by atoms with Gasteiger partial charge in [-0.25, -0.2) is 0 Å². The lowest BCUT2D eigenvalue weighted by molar-refractivity contribution is 0.272. The van der Waals surface area contributed by atoms with Crippen LogP contribution in [0.3, 0.4) is 0 Å².